The maximum atomic E-state index is 12.0. The molecule has 0 atom stereocenters. The second-order valence-electron chi connectivity index (χ2n) is 5.44. The first kappa shape index (κ1) is 16.9. The van der Waals surface area contributed by atoms with Gasteiger partial charge in [-0.15, -0.1) is 0 Å². The van der Waals surface area contributed by atoms with Gasteiger partial charge in [0, 0.05) is 24.6 Å². The summed E-state index contributed by atoms with van der Waals surface area (Å²) in [4.78, 5) is 12.0. The second kappa shape index (κ2) is 8.22. The summed E-state index contributed by atoms with van der Waals surface area (Å²) in [7, 11) is 3.22. The zero-order valence-corrected chi connectivity index (χ0v) is 13.9. The van der Waals surface area contributed by atoms with Gasteiger partial charge in [-0.2, -0.15) is 0 Å². The molecule has 4 nitrogen and oxygen atoms in total. The lowest BCUT2D eigenvalue weighted by molar-refractivity contribution is -0.121. The molecule has 1 N–H and O–H groups in total. The Hall–Kier alpha value is -2.49. The van der Waals surface area contributed by atoms with Crippen LogP contribution < -0.4 is 14.8 Å². The van der Waals surface area contributed by atoms with Gasteiger partial charge in [-0.1, -0.05) is 29.8 Å². The van der Waals surface area contributed by atoms with E-state index in [4.69, 9.17) is 9.47 Å². The summed E-state index contributed by atoms with van der Waals surface area (Å²) in [6.45, 7) is 2.50. The number of hydrogen-bond donors (Lipinski definition) is 1. The Kier molecular flexibility index (Phi) is 6.03. The van der Waals surface area contributed by atoms with Crippen molar-refractivity contribution in [2.24, 2.45) is 0 Å². The molecule has 2 aromatic rings. The van der Waals surface area contributed by atoms with E-state index in [1.54, 1.807) is 14.2 Å². The standard InChI is InChI=1S/C19H23NO3/c1-14-5-4-6-15(11-14)7-10-19(21)20-13-16-8-9-17(22-2)12-18(16)23-3/h4-6,8-9,11-12H,7,10,13H2,1-3H3,(H,20,21). The van der Waals surface area contributed by atoms with Gasteiger partial charge in [-0.05, 0) is 31.0 Å². The van der Waals surface area contributed by atoms with Gasteiger partial charge in [0.1, 0.15) is 11.5 Å². The maximum absolute atomic E-state index is 12.0. The highest BCUT2D eigenvalue weighted by Gasteiger charge is 2.07. The highest BCUT2D eigenvalue weighted by atomic mass is 16.5. The fourth-order valence-electron chi connectivity index (χ4n) is 2.41. The molecule has 0 radical (unpaired) electrons. The minimum atomic E-state index is 0.0318. The highest BCUT2D eigenvalue weighted by molar-refractivity contribution is 5.76. The molecule has 2 aromatic carbocycles. The van der Waals surface area contributed by atoms with Crippen LogP contribution in [-0.4, -0.2) is 20.1 Å². The third-order valence-electron chi connectivity index (χ3n) is 3.69. The number of nitrogens with one attached hydrogen (secondary N) is 1. The molecule has 122 valence electrons. The van der Waals surface area contributed by atoms with E-state index in [0.717, 1.165) is 17.7 Å². The normalized spacial score (nSPS) is 10.2. The lowest BCUT2D eigenvalue weighted by atomic mass is 10.1. The first-order valence-corrected chi connectivity index (χ1v) is 7.65. The highest BCUT2D eigenvalue weighted by Crippen LogP contribution is 2.24. The first-order valence-electron chi connectivity index (χ1n) is 7.65. The largest absolute Gasteiger partial charge is 0.497 e. The van der Waals surface area contributed by atoms with Crippen molar-refractivity contribution in [3.05, 3.63) is 59.2 Å². The van der Waals surface area contributed by atoms with Gasteiger partial charge in [0.15, 0.2) is 0 Å². The van der Waals surface area contributed by atoms with Gasteiger partial charge < -0.3 is 14.8 Å². The van der Waals surface area contributed by atoms with Crippen LogP contribution in [0.1, 0.15) is 23.1 Å². The molecule has 4 heteroatoms. The van der Waals surface area contributed by atoms with Crippen LogP contribution in [0, 0.1) is 6.92 Å². The van der Waals surface area contributed by atoms with E-state index >= 15 is 0 Å². The zero-order chi connectivity index (χ0) is 16.7. The van der Waals surface area contributed by atoms with Crippen LogP contribution in [0.4, 0.5) is 0 Å². The number of ether oxygens (including phenoxy) is 2. The quantitative estimate of drug-likeness (QED) is 0.853. The molecule has 0 heterocycles. The van der Waals surface area contributed by atoms with E-state index in [2.05, 4.69) is 24.4 Å². The molecule has 1 amide bonds. The molecule has 0 bridgehead atoms. The van der Waals surface area contributed by atoms with Gasteiger partial charge in [0.25, 0.3) is 0 Å². The fraction of sp³-hybridized carbons (Fsp3) is 0.316. The topological polar surface area (TPSA) is 47.6 Å². The Bertz CT molecular complexity index is 667. The molecule has 23 heavy (non-hydrogen) atoms. The zero-order valence-electron chi connectivity index (χ0n) is 13.9. The molecule has 0 spiro atoms. The number of rotatable bonds is 7. The van der Waals surface area contributed by atoms with E-state index in [9.17, 15) is 4.79 Å². The molecule has 0 unspecified atom stereocenters. The van der Waals surface area contributed by atoms with Crippen molar-refractivity contribution in [1.82, 2.24) is 5.32 Å². The number of hydrogen-bond acceptors (Lipinski definition) is 3. The van der Waals surface area contributed by atoms with E-state index < -0.39 is 0 Å². The van der Waals surface area contributed by atoms with Crippen molar-refractivity contribution in [2.45, 2.75) is 26.3 Å². The van der Waals surface area contributed by atoms with Gasteiger partial charge >= 0.3 is 0 Å². The number of carbonyl (C=O) groups excluding carboxylic acids is 1. The Morgan fingerprint density at radius 2 is 1.91 bits per heavy atom. The third-order valence-corrected chi connectivity index (χ3v) is 3.69. The van der Waals surface area contributed by atoms with Crippen molar-refractivity contribution in [1.29, 1.82) is 0 Å². The molecule has 0 aliphatic carbocycles. The van der Waals surface area contributed by atoms with Crippen LogP contribution in [0.3, 0.4) is 0 Å². The Morgan fingerprint density at radius 1 is 1.09 bits per heavy atom. The van der Waals surface area contributed by atoms with Gasteiger partial charge in [0.05, 0.1) is 14.2 Å². The van der Waals surface area contributed by atoms with Gasteiger partial charge in [-0.3, -0.25) is 4.79 Å². The Labute approximate surface area is 137 Å². The number of benzene rings is 2. The molecule has 0 aliphatic heterocycles. The van der Waals surface area contributed by atoms with E-state index in [-0.39, 0.29) is 5.91 Å². The van der Waals surface area contributed by atoms with Crippen LogP contribution in [0.15, 0.2) is 42.5 Å². The van der Waals surface area contributed by atoms with Crippen molar-refractivity contribution >= 4 is 5.91 Å². The Morgan fingerprint density at radius 3 is 2.61 bits per heavy atom. The summed E-state index contributed by atoms with van der Waals surface area (Å²) < 4.78 is 10.5. The second-order valence-corrected chi connectivity index (χ2v) is 5.44. The SMILES string of the molecule is COc1ccc(CNC(=O)CCc2cccc(C)c2)c(OC)c1. The number of aryl methyl sites for hydroxylation is 2. The van der Waals surface area contributed by atoms with Crippen LogP contribution in [0.2, 0.25) is 0 Å². The fourth-order valence-corrected chi connectivity index (χ4v) is 2.41. The number of amides is 1. The summed E-state index contributed by atoms with van der Waals surface area (Å²) >= 11 is 0. The molecule has 0 aliphatic rings. The average Bonchev–Trinajstić information content (AvgIpc) is 2.58. The molecule has 0 fully saturated rings. The summed E-state index contributed by atoms with van der Waals surface area (Å²) in [6, 6.07) is 13.8. The average molecular weight is 313 g/mol. The van der Waals surface area contributed by atoms with E-state index in [1.165, 1.54) is 11.1 Å². The molecule has 2 rings (SSSR count). The monoisotopic (exact) mass is 313 g/mol. The van der Waals surface area contributed by atoms with Gasteiger partial charge in [0.2, 0.25) is 5.91 Å². The number of methoxy groups -OCH3 is 2. The minimum Gasteiger partial charge on any atom is -0.497 e. The number of carbonyl (C=O) groups is 1. The van der Waals surface area contributed by atoms with Crippen molar-refractivity contribution in [3.63, 3.8) is 0 Å². The lowest BCUT2D eigenvalue weighted by Gasteiger charge is -2.11. The summed E-state index contributed by atoms with van der Waals surface area (Å²) in [5, 5.41) is 2.94. The predicted octanol–water partition coefficient (Wildman–Crippen LogP) is 3.26. The summed E-state index contributed by atoms with van der Waals surface area (Å²) in [6.07, 6.45) is 1.22. The van der Waals surface area contributed by atoms with Crippen molar-refractivity contribution in [3.8, 4) is 11.5 Å². The summed E-state index contributed by atoms with van der Waals surface area (Å²) in [5.41, 5.74) is 3.32. The molecule has 0 saturated carbocycles. The maximum Gasteiger partial charge on any atom is 0.220 e. The van der Waals surface area contributed by atoms with Crippen LogP contribution in [0.5, 0.6) is 11.5 Å². The molecule has 0 saturated heterocycles. The lowest BCUT2D eigenvalue weighted by Crippen LogP contribution is -2.23. The third kappa shape index (κ3) is 5.02. The molecular formula is C19H23NO3. The van der Waals surface area contributed by atoms with Crippen LogP contribution in [-0.2, 0) is 17.8 Å². The summed E-state index contributed by atoms with van der Waals surface area (Å²) in [5.74, 6) is 1.48. The molecular weight excluding hydrogens is 290 g/mol. The Balaban J connectivity index is 1.87. The van der Waals surface area contributed by atoms with Crippen LogP contribution >= 0.6 is 0 Å². The smallest absolute Gasteiger partial charge is 0.220 e. The van der Waals surface area contributed by atoms with Crippen molar-refractivity contribution in [2.75, 3.05) is 14.2 Å². The van der Waals surface area contributed by atoms with Gasteiger partial charge in [-0.25, -0.2) is 0 Å². The molecule has 0 aromatic heterocycles. The van der Waals surface area contributed by atoms with E-state index in [0.29, 0.717) is 18.7 Å². The van der Waals surface area contributed by atoms with Crippen molar-refractivity contribution < 1.29 is 14.3 Å². The first-order chi connectivity index (χ1) is 11.1. The van der Waals surface area contributed by atoms with Crippen LogP contribution in [0.25, 0.3) is 0 Å². The minimum absolute atomic E-state index is 0.0318. The van der Waals surface area contributed by atoms with E-state index in [1.807, 2.05) is 30.3 Å². The predicted molar refractivity (Wildman–Crippen MR) is 90.9 cm³/mol.